The largest absolute Gasteiger partial charge is 0.481 e. The molecule has 0 heterocycles. The van der Waals surface area contributed by atoms with Crippen molar-refractivity contribution in [2.45, 2.75) is 50.4 Å². The Morgan fingerprint density at radius 2 is 1.15 bits per heavy atom. The van der Waals surface area contributed by atoms with E-state index in [4.69, 9.17) is 14.6 Å². The first-order valence-corrected chi connectivity index (χ1v) is 11.1. The topological polar surface area (TPSA) is 127 Å². The van der Waals surface area contributed by atoms with Crippen LogP contribution < -0.4 is 0 Å². The lowest BCUT2D eigenvalue weighted by atomic mass is 9.68. The molecule has 0 aromatic heterocycles. The van der Waals surface area contributed by atoms with Gasteiger partial charge in [0.1, 0.15) is 5.41 Å². The molecule has 0 aliphatic rings. The zero-order valence-corrected chi connectivity index (χ0v) is 19.4. The van der Waals surface area contributed by atoms with Crippen LogP contribution in [0.3, 0.4) is 0 Å². The van der Waals surface area contributed by atoms with Crippen molar-refractivity contribution in [1.29, 1.82) is 0 Å². The predicted octanol–water partition coefficient (Wildman–Crippen LogP) is 4.45. The molecule has 2 aromatic carbocycles. The number of carbonyl (C=O) groups excluding carboxylic acids is 2. The van der Waals surface area contributed by atoms with Gasteiger partial charge in [-0.3, -0.25) is 9.59 Å². The lowest BCUT2D eigenvalue weighted by Crippen LogP contribution is -2.40. The zero-order chi connectivity index (χ0) is 25.1. The van der Waals surface area contributed by atoms with E-state index >= 15 is 0 Å². The summed E-state index contributed by atoms with van der Waals surface area (Å²) >= 11 is 0. The Bertz CT molecular complexity index is 967. The number of carbonyl (C=O) groups is 4. The number of esters is 2. The SMILES string of the molecule is COC(=O)c1ccccc1C(CCCCCCCC(=O)O)(C(=O)O)c1ccccc1C(=O)OC. The van der Waals surface area contributed by atoms with Gasteiger partial charge in [0.2, 0.25) is 0 Å². The molecule has 0 aliphatic heterocycles. The summed E-state index contributed by atoms with van der Waals surface area (Å²) in [5.74, 6) is -3.40. The standard InChI is InChI=1S/C26H30O8/c1-33-23(29)18-12-7-9-14-20(18)26(25(31)32,17-11-5-3-4-6-16-22(27)28)21-15-10-8-13-19(21)24(30)34-2/h7-10,12-15H,3-6,11,16-17H2,1-2H3,(H,27,28)(H,31,32). The number of methoxy groups -OCH3 is 2. The maximum atomic E-state index is 13.0. The number of unbranched alkanes of at least 4 members (excludes halogenated alkanes) is 4. The lowest BCUT2D eigenvalue weighted by Gasteiger charge is -2.33. The molecule has 2 N–H and O–H groups in total. The van der Waals surface area contributed by atoms with Gasteiger partial charge in [0, 0.05) is 6.42 Å². The Hall–Kier alpha value is -3.68. The van der Waals surface area contributed by atoms with Crippen molar-refractivity contribution in [2.24, 2.45) is 0 Å². The molecule has 34 heavy (non-hydrogen) atoms. The Balaban J connectivity index is 2.56. The van der Waals surface area contributed by atoms with Gasteiger partial charge in [-0.1, -0.05) is 62.1 Å². The number of carboxylic acids is 2. The molecule has 0 unspecified atom stereocenters. The van der Waals surface area contributed by atoms with Crippen LogP contribution in [0, 0.1) is 0 Å². The van der Waals surface area contributed by atoms with E-state index in [0.717, 1.165) is 6.42 Å². The molecule has 0 radical (unpaired) electrons. The van der Waals surface area contributed by atoms with E-state index in [1.807, 2.05) is 0 Å². The van der Waals surface area contributed by atoms with Gasteiger partial charge in [-0.25, -0.2) is 9.59 Å². The van der Waals surface area contributed by atoms with E-state index in [0.29, 0.717) is 25.7 Å². The second kappa shape index (κ2) is 12.5. The molecule has 0 atom stereocenters. The number of ether oxygens (including phenoxy) is 2. The van der Waals surface area contributed by atoms with E-state index in [9.17, 15) is 24.3 Å². The maximum Gasteiger partial charge on any atom is 0.338 e. The summed E-state index contributed by atoms with van der Waals surface area (Å²) in [6.07, 6.45) is 3.35. The van der Waals surface area contributed by atoms with E-state index in [2.05, 4.69) is 0 Å². The van der Waals surface area contributed by atoms with Crippen molar-refractivity contribution in [3.8, 4) is 0 Å². The molecule has 182 valence electrons. The van der Waals surface area contributed by atoms with Crippen molar-refractivity contribution < 1.29 is 38.9 Å². The molecule has 0 amide bonds. The summed E-state index contributed by atoms with van der Waals surface area (Å²) < 4.78 is 9.81. The highest BCUT2D eigenvalue weighted by atomic mass is 16.5. The van der Waals surface area contributed by atoms with Crippen molar-refractivity contribution in [1.82, 2.24) is 0 Å². The minimum atomic E-state index is -1.71. The van der Waals surface area contributed by atoms with Gasteiger partial charge in [-0.05, 0) is 36.1 Å². The van der Waals surface area contributed by atoms with Crippen LogP contribution in [0.2, 0.25) is 0 Å². The monoisotopic (exact) mass is 470 g/mol. The molecule has 0 saturated heterocycles. The molecule has 8 nitrogen and oxygen atoms in total. The molecule has 2 aromatic rings. The van der Waals surface area contributed by atoms with Crippen LogP contribution in [0.1, 0.15) is 76.8 Å². The van der Waals surface area contributed by atoms with Crippen molar-refractivity contribution in [3.63, 3.8) is 0 Å². The highest BCUT2D eigenvalue weighted by Crippen LogP contribution is 2.41. The van der Waals surface area contributed by atoms with Gasteiger partial charge in [-0.15, -0.1) is 0 Å². The molecule has 0 bridgehead atoms. The van der Waals surface area contributed by atoms with E-state index < -0.39 is 29.3 Å². The molecule has 0 saturated carbocycles. The number of aliphatic carboxylic acids is 2. The van der Waals surface area contributed by atoms with Crippen LogP contribution in [-0.4, -0.2) is 48.3 Å². The molecule has 0 fully saturated rings. The number of rotatable bonds is 13. The van der Waals surface area contributed by atoms with Gasteiger partial charge < -0.3 is 19.7 Å². The summed E-state index contributed by atoms with van der Waals surface area (Å²) in [6, 6.07) is 12.7. The van der Waals surface area contributed by atoms with Gasteiger partial charge in [-0.2, -0.15) is 0 Å². The van der Waals surface area contributed by atoms with Gasteiger partial charge in [0.05, 0.1) is 25.3 Å². The lowest BCUT2D eigenvalue weighted by molar-refractivity contribution is -0.142. The van der Waals surface area contributed by atoms with E-state index in [-0.39, 0.29) is 35.1 Å². The predicted molar refractivity (Wildman–Crippen MR) is 124 cm³/mol. The molecule has 8 heteroatoms. The average molecular weight is 471 g/mol. The van der Waals surface area contributed by atoms with Crippen LogP contribution in [0.5, 0.6) is 0 Å². The van der Waals surface area contributed by atoms with Crippen LogP contribution in [0.4, 0.5) is 0 Å². The fraction of sp³-hybridized carbons (Fsp3) is 0.385. The second-order valence-corrected chi connectivity index (χ2v) is 7.95. The Labute approximate surface area is 198 Å². The summed E-state index contributed by atoms with van der Waals surface area (Å²) in [7, 11) is 2.45. The summed E-state index contributed by atoms with van der Waals surface area (Å²) in [4.78, 5) is 48.8. The summed E-state index contributed by atoms with van der Waals surface area (Å²) in [6.45, 7) is 0. The fourth-order valence-electron chi connectivity index (χ4n) is 4.23. The third-order valence-electron chi connectivity index (χ3n) is 5.89. The van der Waals surface area contributed by atoms with Crippen LogP contribution in [0.25, 0.3) is 0 Å². The van der Waals surface area contributed by atoms with Crippen LogP contribution in [0.15, 0.2) is 48.5 Å². The number of benzene rings is 2. The minimum absolute atomic E-state index is 0.0953. The van der Waals surface area contributed by atoms with E-state index in [1.165, 1.54) is 26.4 Å². The Morgan fingerprint density at radius 3 is 1.59 bits per heavy atom. The van der Waals surface area contributed by atoms with Crippen molar-refractivity contribution in [3.05, 3.63) is 70.8 Å². The maximum absolute atomic E-state index is 13.0. The first-order chi connectivity index (χ1) is 16.3. The molecular formula is C26H30O8. The smallest absolute Gasteiger partial charge is 0.338 e. The Kier molecular flexibility index (Phi) is 9.79. The number of hydrogen-bond acceptors (Lipinski definition) is 6. The average Bonchev–Trinajstić information content (AvgIpc) is 2.84. The van der Waals surface area contributed by atoms with Crippen molar-refractivity contribution >= 4 is 23.9 Å². The van der Waals surface area contributed by atoms with Crippen LogP contribution in [-0.2, 0) is 24.5 Å². The fourth-order valence-corrected chi connectivity index (χ4v) is 4.23. The van der Waals surface area contributed by atoms with Gasteiger partial charge in [0.25, 0.3) is 0 Å². The van der Waals surface area contributed by atoms with Crippen molar-refractivity contribution in [2.75, 3.05) is 14.2 Å². The minimum Gasteiger partial charge on any atom is -0.481 e. The van der Waals surface area contributed by atoms with Gasteiger partial charge in [0.15, 0.2) is 0 Å². The highest BCUT2D eigenvalue weighted by Gasteiger charge is 2.46. The first kappa shape index (κ1) is 26.6. The number of carboxylic acid groups (broad SMARTS) is 2. The highest BCUT2D eigenvalue weighted by molar-refractivity contribution is 5.99. The Morgan fingerprint density at radius 1 is 0.706 bits per heavy atom. The van der Waals surface area contributed by atoms with Crippen LogP contribution >= 0.6 is 0 Å². The van der Waals surface area contributed by atoms with E-state index in [1.54, 1.807) is 36.4 Å². The molecule has 0 spiro atoms. The quantitative estimate of drug-likeness (QED) is 0.325. The third-order valence-corrected chi connectivity index (χ3v) is 5.89. The first-order valence-electron chi connectivity index (χ1n) is 11.1. The summed E-state index contributed by atoms with van der Waals surface area (Å²) in [5, 5.41) is 19.4. The molecular weight excluding hydrogens is 440 g/mol. The second-order valence-electron chi connectivity index (χ2n) is 7.95. The molecule has 2 rings (SSSR count). The number of hydrogen-bond donors (Lipinski definition) is 2. The van der Waals surface area contributed by atoms with Gasteiger partial charge >= 0.3 is 23.9 Å². The molecule has 0 aliphatic carbocycles. The zero-order valence-electron chi connectivity index (χ0n) is 19.4. The normalized spacial score (nSPS) is 11.0. The summed E-state index contributed by atoms with van der Waals surface area (Å²) in [5.41, 5.74) is -1.04. The third kappa shape index (κ3) is 6.01.